The molecule has 388 valence electrons. The molecule has 0 aromatic rings. The van der Waals surface area contributed by atoms with Crippen LogP contribution in [0.2, 0.25) is 0 Å². The van der Waals surface area contributed by atoms with Gasteiger partial charge in [-0.05, 0) is 83.5 Å². The van der Waals surface area contributed by atoms with Crippen LogP contribution in [-0.2, 0) is 28.6 Å². The van der Waals surface area contributed by atoms with Gasteiger partial charge in [-0.2, -0.15) is 0 Å². The highest BCUT2D eigenvalue weighted by Crippen LogP contribution is 2.16. The van der Waals surface area contributed by atoms with Crippen LogP contribution in [-0.4, -0.2) is 37.2 Å². The van der Waals surface area contributed by atoms with Crippen molar-refractivity contribution in [1.82, 2.24) is 0 Å². The monoisotopic (exact) mass is 945 g/mol. The second kappa shape index (κ2) is 55.9. The summed E-state index contributed by atoms with van der Waals surface area (Å²) in [6, 6.07) is 0. The third-order valence-electron chi connectivity index (χ3n) is 11.8. The normalized spacial score (nSPS) is 12.8. The second-order valence-corrected chi connectivity index (χ2v) is 18.4. The molecule has 0 spiro atoms. The predicted octanol–water partition coefficient (Wildman–Crippen LogP) is 18.9. The molecule has 1 unspecified atom stereocenters. The number of ether oxygens (including phenoxy) is 3. The van der Waals surface area contributed by atoms with Crippen molar-refractivity contribution in [3.05, 3.63) is 97.2 Å². The van der Waals surface area contributed by atoms with E-state index in [-0.39, 0.29) is 31.6 Å². The fourth-order valence-corrected chi connectivity index (χ4v) is 7.68. The van der Waals surface area contributed by atoms with Crippen molar-refractivity contribution in [3.63, 3.8) is 0 Å². The van der Waals surface area contributed by atoms with E-state index in [1.165, 1.54) is 122 Å². The van der Waals surface area contributed by atoms with Crippen molar-refractivity contribution in [2.75, 3.05) is 13.2 Å². The summed E-state index contributed by atoms with van der Waals surface area (Å²) in [6.45, 7) is 6.29. The Hall–Kier alpha value is -3.67. The Morgan fingerprint density at radius 3 is 0.956 bits per heavy atom. The fraction of sp³-hybridized carbons (Fsp3) is 0.694. The molecule has 0 aromatic heterocycles. The highest BCUT2D eigenvalue weighted by molar-refractivity contribution is 5.71. The van der Waals surface area contributed by atoms with Gasteiger partial charge in [0.1, 0.15) is 13.2 Å². The van der Waals surface area contributed by atoms with Gasteiger partial charge in [0.2, 0.25) is 0 Å². The Balaban J connectivity index is 4.02. The number of unbranched alkanes of at least 4 members (excludes halogenated alkanes) is 23. The first-order valence-corrected chi connectivity index (χ1v) is 28.2. The Labute approximate surface area is 419 Å². The molecule has 1 atom stereocenters. The van der Waals surface area contributed by atoms with E-state index >= 15 is 0 Å². The zero-order chi connectivity index (χ0) is 49.3. The molecule has 0 aromatic carbocycles. The number of esters is 3. The summed E-state index contributed by atoms with van der Waals surface area (Å²) in [7, 11) is 0. The molecule has 0 radical (unpaired) electrons. The number of hydrogen-bond acceptors (Lipinski definition) is 6. The summed E-state index contributed by atoms with van der Waals surface area (Å²) >= 11 is 0. The van der Waals surface area contributed by atoms with E-state index in [2.05, 4.69) is 106 Å². The molecule has 68 heavy (non-hydrogen) atoms. The molecule has 0 aliphatic rings. The molecule has 0 aliphatic carbocycles. The Kier molecular flexibility index (Phi) is 52.9. The lowest BCUT2D eigenvalue weighted by Crippen LogP contribution is -2.30. The Bertz CT molecular complexity index is 1360. The van der Waals surface area contributed by atoms with Gasteiger partial charge >= 0.3 is 17.9 Å². The number of hydrogen-bond donors (Lipinski definition) is 0. The van der Waals surface area contributed by atoms with Crippen LogP contribution in [0, 0.1) is 0 Å². The average molecular weight is 946 g/mol. The first-order valence-electron chi connectivity index (χ1n) is 28.2. The Morgan fingerprint density at radius 1 is 0.309 bits per heavy atom. The van der Waals surface area contributed by atoms with Crippen LogP contribution in [0.25, 0.3) is 0 Å². The molecular formula is C62H104O6. The first-order chi connectivity index (χ1) is 33.5. The van der Waals surface area contributed by atoms with E-state index in [4.69, 9.17) is 14.2 Å². The van der Waals surface area contributed by atoms with Crippen LogP contribution < -0.4 is 0 Å². The quantitative estimate of drug-likeness (QED) is 0.0262. The summed E-state index contributed by atoms with van der Waals surface area (Å²) in [6.07, 6.45) is 74.7. The molecule has 0 saturated carbocycles. The van der Waals surface area contributed by atoms with Gasteiger partial charge < -0.3 is 14.2 Å². The smallest absolute Gasteiger partial charge is 0.306 e. The minimum absolute atomic E-state index is 0.104. The van der Waals surface area contributed by atoms with E-state index in [9.17, 15) is 14.4 Å². The summed E-state index contributed by atoms with van der Waals surface area (Å²) in [5.74, 6) is -0.995. The van der Waals surface area contributed by atoms with E-state index in [0.29, 0.717) is 19.3 Å². The molecule has 0 rings (SSSR count). The largest absolute Gasteiger partial charge is 0.462 e. The van der Waals surface area contributed by atoms with E-state index in [0.717, 1.165) is 89.9 Å². The highest BCUT2D eigenvalue weighted by atomic mass is 16.6. The van der Waals surface area contributed by atoms with E-state index < -0.39 is 12.1 Å². The van der Waals surface area contributed by atoms with Gasteiger partial charge in [0.05, 0.1) is 0 Å². The van der Waals surface area contributed by atoms with Crippen LogP contribution in [0.15, 0.2) is 97.2 Å². The summed E-state index contributed by atoms with van der Waals surface area (Å²) in [4.78, 5) is 37.7. The van der Waals surface area contributed by atoms with E-state index in [1.54, 1.807) is 0 Å². The maximum atomic E-state index is 12.7. The zero-order valence-corrected chi connectivity index (χ0v) is 44.3. The van der Waals surface area contributed by atoms with Crippen LogP contribution >= 0.6 is 0 Å². The van der Waals surface area contributed by atoms with Crippen LogP contribution in [0.5, 0.6) is 0 Å². The number of rotatable bonds is 50. The van der Waals surface area contributed by atoms with Crippen molar-refractivity contribution in [2.24, 2.45) is 0 Å². The van der Waals surface area contributed by atoms with Gasteiger partial charge in [-0.3, -0.25) is 14.4 Å². The van der Waals surface area contributed by atoms with Gasteiger partial charge in [-0.25, -0.2) is 0 Å². The maximum absolute atomic E-state index is 12.7. The molecule has 0 bridgehead atoms. The van der Waals surface area contributed by atoms with Crippen LogP contribution in [0.4, 0.5) is 0 Å². The van der Waals surface area contributed by atoms with Crippen LogP contribution in [0.3, 0.4) is 0 Å². The first kappa shape index (κ1) is 64.3. The second-order valence-electron chi connectivity index (χ2n) is 18.4. The van der Waals surface area contributed by atoms with Crippen LogP contribution in [0.1, 0.15) is 258 Å². The molecule has 6 heteroatoms. The lowest BCUT2D eigenvalue weighted by molar-refractivity contribution is -0.166. The lowest BCUT2D eigenvalue weighted by atomic mass is 10.0. The number of carbonyl (C=O) groups excluding carboxylic acids is 3. The average Bonchev–Trinajstić information content (AvgIpc) is 3.34. The third kappa shape index (κ3) is 53.3. The molecule has 0 aliphatic heterocycles. The Morgan fingerprint density at radius 2 is 0.603 bits per heavy atom. The topological polar surface area (TPSA) is 78.9 Å². The van der Waals surface area contributed by atoms with Crippen molar-refractivity contribution < 1.29 is 28.6 Å². The van der Waals surface area contributed by atoms with Crippen molar-refractivity contribution >= 4 is 17.9 Å². The maximum Gasteiger partial charge on any atom is 0.306 e. The summed E-state index contributed by atoms with van der Waals surface area (Å²) in [5, 5.41) is 0. The molecule has 6 nitrogen and oxygen atoms in total. The number of carbonyl (C=O) groups is 3. The van der Waals surface area contributed by atoms with Gasteiger partial charge in [0.15, 0.2) is 6.10 Å². The van der Waals surface area contributed by atoms with Crippen molar-refractivity contribution in [3.8, 4) is 0 Å². The molecule has 0 amide bonds. The SMILES string of the molecule is CC/C=C\C/C=C\C/C=C\C/C=C\CCCCCCCCCCCCCCCCCCCCC(=O)OCC(COC(=O)CCCCCCCC)OC(=O)CC/C=C\C/C=C\C/C=C\C/C=C\CC. The van der Waals surface area contributed by atoms with E-state index in [1.807, 2.05) is 12.2 Å². The predicted molar refractivity (Wildman–Crippen MR) is 293 cm³/mol. The zero-order valence-electron chi connectivity index (χ0n) is 44.3. The molecule has 0 saturated heterocycles. The van der Waals surface area contributed by atoms with Gasteiger partial charge in [0, 0.05) is 19.3 Å². The third-order valence-corrected chi connectivity index (χ3v) is 11.8. The number of allylic oxidation sites excluding steroid dienone is 16. The van der Waals surface area contributed by atoms with Crippen molar-refractivity contribution in [1.29, 1.82) is 0 Å². The van der Waals surface area contributed by atoms with Gasteiger partial charge in [0.25, 0.3) is 0 Å². The fourth-order valence-electron chi connectivity index (χ4n) is 7.68. The highest BCUT2D eigenvalue weighted by Gasteiger charge is 2.19. The van der Waals surface area contributed by atoms with Crippen molar-refractivity contribution in [2.45, 2.75) is 264 Å². The minimum Gasteiger partial charge on any atom is -0.462 e. The van der Waals surface area contributed by atoms with Gasteiger partial charge in [-0.15, -0.1) is 0 Å². The molecule has 0 heterocycles. The van der Waals surface area contributed by atoms with Gasteiger partial charge in [-0.1, -0.05) is 253 Å². The molecular weight excluding hydrogens is 841 g/mol. The molecule has 0 N–H and O–H groups in total. The molecule has 0 fully saturated rings. The minimum atomic E-state index is -0.810. The summed E-state index contributed by atoms with van der Waals surface area (Å²) in [5.41, 5.74) is 0. The standard InChI is InChI=1S/C62H104O6/c1-4-7-10-13-16-18-20-22-23-24-25-26-27-28-29-30-31-32-33-34-35-36-37-38-39-41-42-44-46-49-52-55-61(64)67-58-59(57-66-60(63)54-51-48-15-12-9-6-3)68-62(65)56-53-50-47-45-43-40-21-19-17-14-11-8-5-2/h7-8,10-11,16-19,22-23,25-26,40,43,47,50,59H,4-6,9,12-15,20-21,24,27-39,41-42,44-46,48-49,51-58H2,1-3H3/b10-7-,11-8-,18-16-,19-17-,23-22-,26-25-,43-40-,50-47-. The summed E-state index contributed by atoms with van der Waals surface area (Å²) < 4.78 is 16.6. The lowest BCUT2D eigenvalue weighted by Gasteiger charge is -2.18.